The Morgan fingerprint density at radius 1 is 1.09 bits per heavy atom. The molecule has 0 fully saturated rings. The number of aryl methyl sites for hydroxylation is 1. The van der Waals surface area contributed by atoms with Crippen LogP contribution in [0, 0.1) is 0 Å². The molecule has 1 amide bonds. The van der Waals surface area contributed by atoms with E-state index in [1.807, 2.05) is 30.3 Å². The van der Waals surface area contributed by atoms with Crippen molar-refractivity contribution >= 4 is 29.8 Å². The van der Waals surface area contributed by atoms with Gasteiger partial charge in [-0.15, -0.1) is 0 Å². The minimum absolute atomic E-state index is 0.0283. The number of hydrogen-bond acceptors (Lipinski definition) is 3. The van der Waals surface area contributed by atoms with Crippen molar-refractivity contribution in [3.05, 3.63) is 48.0 Å². The fraction of sp³-hybridized carbons (Fsp3) is 0.278. The van der Waals surface area contributed by atoms with Crippen molar-refractivity contribution in [1.82, 2.24) is 5.32 Å². The average Bonchev–Trinajstić information content (AvgIpc) is 2.60. The zero-order valence-electron chi connectivity index (χ0n) is 13.6. The summed E-state index contributed by atoms with van der Waals surface area (Å²) in [7, 11) is 4.98. The molecule has 0 radical (unpaired) electrons. The molecule has 122 valence electrons. The first-order valence-electron chi connectivity index (χ1n) is 7.36. The third-order valence-electron chi connectivity index (χ3n) is 3.40. The summed E-state index contributed by atoms with van der Waals surface area (Å²) in [5, 5.41) is 2.64. The Morgan fingerprint density at radius 3 is 2.22 bits per heavy atom. The zero-order valence-corrected chi connectivity index (χ0v) is 15.3. The number of ether oxygens (including phenoxy) is 2. The molecule has 4 nitrogen and oxygen atoms in total. The molecule has 0 unspecified atom stereocenters. The molecular weight excluding hydrogens is 357 g/mol. The average molecular weight is 378 g/mol. The summed E-state index contributed by atoms with van der Waals surface area (Å²) in [6.07, 6.45) is 1.11. The summed E-state index contributed by atoms with van der Waals surface area (Å²) in [5.41, 5.74) is 1.04. The first-order chi connectivity index (χ1) is 11.2. The molecule has 0 aromatic heterocycles. The predicted molar refractivity (Wildman–Crippen MR) is 93.4 cm³/mol. The van der Waals surface area contributed by atoms with Gasteiger partial charge in [0.1, 0.15) is 0 Å². The van der Waals surface area contributed by atoms with Gasteiger partial charge in [0.15, 0.2) is 0 Å². The van der Waals surface area contributed by atoms with Gasteiger partial charge in [-0.25, -0.2) is 0 Å². The van der Waals surface area contributed by atoms with E-state index in [0.29, 0.717) is 12.8 Å². The van der Waals surface area contributed by atoms with Gasteiger partial charge in [-0.1, -0.05) is 0 Å². The molecule has 2 rings (SSSR count). The van der Waals surface area contributed by atoms with Gasteiger partial charge in [-0.2, -0.15) is 0 Å². The Hall–Kier alpha value is -1.97. The fourth-order valence-corrected chi connectivity index (χ4v) is 4.30. The Labute approximate surface area is 143 Å². The van der Waals surface area contributed by atoms with Crippen LogP contribution in [-0.4, -0.2) is 42.1 Å². The molecule has 2 aromatic rings. The van der Waals surface area contributed by atoms with Crippen molar-refractivity contribution in [1.29, 1.82) is 0 Å². The second kappa shape index (κ2) is 8.61. The first-order valence-corrected chi connectivity index (χ1v) is 9.07. The minimum atomic E-state index is 0.0283. The summed E-state index contributed by atoms with van der Waals surface area (Å²) < 4.78 is 13.5. The van der Waals surface area contributed by atoms with Gasteiger partial charge < -0.3 is 0 Å². The molecule has 23 heavy (non-hydrogen) atoms. The van der Waals surface area contributed by atoms with Gasteiger partial charge in [-0.05, 0) is 0 Å². The van der Waals surface area contributed by atoms with Crippen molar-refractivity contribution in [3.63, 3.8) is 0 Å². The van der Waals surface area contributed by atoms with E-state index in [4.69, 9.17) is 9.47 Å². The Kier molecular flexibility index (Phi) is 6.51. The van der Waals surface area contributed by atoms with Crippen LogP contribution < -0.4 is 23.7 Å². The number of nitrogens with one attached hydrogen (secondary N) is 1. The van der Waals surface area contributed by atoms with Crippen LogP contribution in [0.5, 0.6) is 11.5 Å². The van der Waals surface area contributed by atoms with E-state index in [1.54, 1.807) is 21.3 Å². The van der Waals surface area contributed by atoms with Gasteiger partial charge in [0.05, 0.1) is 0 Å². The first kappa shape index (κ1) is 17.4. The molecule has 0 aliphatic heterocycles. The standard InChI is InChI=1S/C18H21NO3Se/c1-19-17(20)10-9-13-11-15(21-2)18(16(12-13)22-3)23-14-7-5-4-6-8-14/h4-8,11-12H,9-10H2,1-3H3,(H,19,20). The van der Waals surface area contributed by atoms with Crippen LogP contribution in [0.25, 0.3) is 0 Å². The number of amides is 1. The third kappa shape index (κ3) is 4.75. The molecule has 0 aliphatic carbocycles. The van der Waals surface area contributed by atoms with Crippen LogP contribution in [0.3, 0.4) is 0 Å². The summed E-state index contributed by atoms with van der Waals surface area (Å²) in [6, 6.07) is 14.3. The number of benzene rings is 2. The number of carbonyl (C=O) groups is 1. The molecule has 0 saturated carbocycles. The summed E-state index contributed by atoms with van der Waals surface area (Å²) in [5.74, 6) is 1.67. The molecule has 5 heteroatoms. The van der Waals surface area contributed by atoms with Crippen LogP contribution >= 0.6 is 0 Å². The SMILES string of the molecule is CNC(=O)CCc1cc(OC)c([Se]c2ccccc2)c(OC)c1. The van der Waals surface area contributed by atoms with Crippen molar-refractivity contribution in [2.24, 2.45) is 0 Å². The second-order valence-electron chi connectivity index (χ2n) is 4.92. The molecule has 0 aliphatic rings. The van der Waals surface area contributed by atoms with E-state index in [9.17, 15) is 4.79 Å². The molecule has 0 bridgehead atoms. The number of carbonyl (C=O) groups excluding carboxylic acids is 1. The Bertz CT molecular complexity index is 634. The van der Waals surface area contributed by atoms with Crippen molar-refractivity contribution in [3.8, 4) is 11.5 Å². The van der Waals surface area contributed by atoms with Crippen molar-refractivity contribution in [2.75, 3.05) is 21.3 Å². The monoisotopic (exact) mass is 379 g/mol. The normalized spacial score (nSPS) is 10.2. The summed E-state index contributed by atoms with van der Waals surface area (Å²) >= 11 is 0.0945. The van der Waals surface area contributed by atoms with E-state index in [1.165, 1.54) is 4.46 Å². The van der Waals surface area contributed by atoms with E-state index in [-0.39, 0.29) is 20.9 Å². The van der Waals surface area contributed by atoms with E-state index in [0.717, 1.165) is 21.5 Å². The number of hydrogen-bond donors (Lipinski definition) is 1. The van der Waals surface area contributed by atoms with Gasteiger partial charge in [0, 0.05) is 0 Å². The fourth-order valence-electron chi connectivity index (χ4n) is 2.17. The molecule has 0 spiro atoms. The number of rotatable bonds is 7. The second-order valence-corrected chi connectivity index (χ2v) is 7.19. The van der Waals surface area contributed by atoms with Gasteiger partial charge in [0.25, 0.3) is 0 Å². The molecular formula is C18H21NO3Se. The zero-order chi connectivity index (χ0) is 16.7. The summed E-state index contributed by atoms with van der Waals surface area (Å²) in [6.45, 7) is 0. The Balaban J connectivity index is 2.29. The molecule has 1 N–H and O–H groups in total. The van der Waals surface area contributed by atoms with Crippen molar-refractivity contribution in [2.45, 2.75) is 12.8 Å². The molecule has 2 aromatic carbocycles. The van der Waals surface area contributed by atoms with Crippen LogP contribution in [0.2, 0.25) is 0 Å². The van der Waals surface area contributed by atoms with Crippen LogP contribution in [0.15, 0.2) is 42.5 Å². The topological polar surface area (TPSA) is 47.6 Å². The van der Waals surface area contributed by atoms with Crippen LogP contribution in [0.1, 0.15) is 12.0 Å². The van der Waals surface area contributed by atoms with Crippen LogP contribution in [-0.2, 0) is 11.2 Å². The predicted octanol–water partition coefficient (Wildman–Crippen LogP) is 1.04. The van der Waals surface area contributed by atoms with E-state index >= 15 is 0 Å². The maximum absolute atomic E-state index is 11.4. The number of methoxy groups -OCH3 is 2. The molecule has 0 heterocycles. The maximum atomic E-state index is 11.4. The van der Waals surface area contributed by atoms with Crippen LogP contribution in [0.4, 0.5) is 0 Å². The molecule has 0 atom stereocenters. The van der Waals surface area contributed by atoms with Gasteiger partial charge >= 0.3 is 143 Å². The van der Waals surface area contributed by atoms with Gasteiger partial charge in [0.2, 0.25) is 0 Å². The van der Waals surface area contributed by atoms with Gasteiger partial charge in [-0.3, -0.25) is 0 Å². The van der Waals surface area contributed by atoms with E-state index in [2.05, 4.69) is 17.4 Å². The Morgan fingerprint density at radius 2 is 1.70 bits per heavy atom. The van der Waals surface area contributed by atoms with E-state index < -0.39 is 0 Å². The van der Waals surface area contributed by atoms with Crippen molar-refractivity contribution < 1.29 is 14.3 Å². The third-order valence-corrected chi connectivity index (χ3v) is 5.74. The molecule has 0 saturated heterocycles. The summed E-state index contributed by atoms with van der Waals surface area (Å²) in [4.78, 5) is 11.4. The quantitative estimate of drug-likeness (QED) is 0.733.